The van der Waals surface area contributed by atoms with Crippen LogP contribution in [0.25, 0.3) is 10.8 Å². The fourth-order valence-corrected chi connectivity index (χ4v) is 2.73. The van der Waals surface area contributed by atoms with E-state index in [9.17, 15) is 9.90 Å². The maximum Gasteiger partial charge on any atom is 0.337 e. The van der Waals surface area contributed by atoms with Gasteiger partial charge in [0.2, 0.25) is 0 Å². The number of hydrogen-bond acceptors (Lipinski definition) is 3. The molecule has 0 unspecified atom stereocenters. The SMILES string of the molecule is CCC(CC)(CC)Nc1ncc(C(=O)O)c2ccccc12. The van der Waals surface area contributed by atoms with E-state index in [0.717, 1.165) is 35.9 Å². The number of aromatic carboxylic acids is 1. The van der Waals surface area contributed by atoms with Crippen LogP contribution in [0.3, 0.4) is 0 Å². The molecule has 0 atom stereocenters. The average molecular weight is 286 g/mol. The smallest absolute Gasteiger partial charge is 0.337 e. The van der Waals surface area contributed by atoms with Gasteiger partial charge >= 0.3 is 5.97 Å². The molecule has 112 valence electrons. The lowest BCUT2D eigenvalue weighted by Crippen LogP contribution is -2.36. The van der Waals surface area contributed by atoms with Crippen molar-refractivity contribution in [2.75, 3.05) is 5.32 Å². The molecule has 2 N–H and O–H groups in total. The quantitative estimate of drug-likeness (QED) is 0.830. The molecule has 0 radical (unpaired) electrons. The first-order valence-electron chi connectivity index (χ1n) is 7.46. The summed E-state index contributed by atoms with van der Waals surface area (Å²) in [5.74, 6) is -0.181. The van der Waals surface area contributed by atoms with Gasteiger partial charge in [-0.15, -0.1) is 0 Å². The van der Waals surface area contributed by atoms with Crippen LogP contribution in [0.2, 0.25) is 0 Å². The molecule has 2 rings (SSSR count). The van der Waals surface area contributed by atoms with Gasteiger partial charge in [0.15, 0.2) is 0 Å². The van der Waals surface area contributed by atoms with Crippen LogP contribution in [0.5, 0.6) is 0 Å². The second-order valence-electron chi connectivity index (χ2n) is 5.34. The molecule has 0 aliphatic rings. The lowest BCUT2D eigenvalue weighted by atomic mass is 9.89. The van der Waals surface area contributed by atoms with E-state index >= 15 is 0 Å². The van der Waals surface area contributed by atoms with Crippen LogP contribution in [-0.2, 0) is 0 Å². The normalized spacial score (nSPS) is 11.6. The summed E-state index contributed by atoms with van der Waals surface area (Å²) in [5, 5.41) is 14.4. The van der Waals surface area contributed by atoms with Crippen LogP contribution in [-0.4, -0.2) is 21.6 Å². The molecule has 21 heavy (non-hydrogen) atoms. The molecule has 1 heterocycles. The number of pyridine rings is 1. The van der Waals surface area contributed by atoms with Crippen LogP contribution < -0.4 is 5.32 Å². The molecule has 0 saturated heterocycles. The van der Waals surface area contributed by atoms with Gasteiger partial charge in [-0.2, -0.15) is 0 Å². The van der Waals surface area contributed by atoms with Crippen LogP contribution in [0.1, 0.15) is 50.4 Å². The number of hydrogen-bond donors (Lipinski definition) is 2. The summed E-state index contributed by atoms with van der Waals surface area (Å²) >= 11 is 0. The van der Waals surface area contributed by atoms with E-state index in [2.05, 4.69) is 31.1 Å². The molecule has 0 saturated carbocycles. The molecule has 4 heteroatoms. The fraction of sp³-hybridized carbons (Fsp3) is 0.412. The van der Waals surface area contributed by atoms with Gasteiger partial charge in [0, 0.05) is 22.5 Å². The van der Waals surface area contributed by atoms with E-state index in [0.29, 0.717) is 0 Å². The summed E-state index contributed by atoms with van der Waals surface area (Å²) in [7, 11) is 0. The molecule has 4 nitrogen and oxygen atoms in total. The second kappa shape index (κ2) is 6.12. The Balaban J connectivity index is 2.56. The number of nitrogens with zero attached hydrogens (tertiary/aromatic N) is 1. The van der Waals surface area contributed by atoms with E-state index in [1.165, 1.54) is 6.20 Å². The number of anilines is 1. The van der Waals surface area contributed by atoms with Gasteiger partial charge < -0.3 is 10.4 Å². The molecule has 0 amide bonds. The van der Waals surface area contributed by atoms with E-state index in [1.54, 1.807) is 0 Å². The van der Waals surface area contributed by atoms with Crippen molar-refractivity contribution in [2.45, 2.75) is 45.6 Å². The standard InChI is InChI=1S/C17H22N2O2/c1-4-17(5-2,6-3)19-15-13-10-8-7-9-12(13)14(11-18-15)16(20)21/h7-11H,4-6H2,1-3H3,(H,18,19)(H,20,21). The van der Waals surface area contributed by atoms with Crippen molar-refractivity contribution in [3.05, 3.63) is 36.0 Å². The van der Waals surface area contributed by atoms with Crippen molar-refractivity contribution in [3.63, 3.8) is 0 Å². The first-order valence-corrected chi connectivity index (χ1v) is 7.46. The first kappa shape index (κ1) is 15.3. The topological polar surface area (TPSA) is 62.2 Å². The van der Waals surface area contributed by atoms with Crippen molar-refractivity contribution in [2.24, 2.45) is 0 Å². The predicted octanol–water partition coefficient (Wildman–Crippen LogP) is 4.31. The van der Waals surface area contributed by atoms with E-state index in [-0.39, 0.29) is 11.1 Å². The number of carboxylic acid groups (broad SMARTS) is 1. The molecule has 1 aromatic heterocycles. The lowest BCUT2D eigenvalue weighted by molar-refractivity contribution is 0.0698. The van der Waals surface area contributed by atoms with Crippen molar-refractivity contribution < 1.29 is 9.90 Å². The highest BCUT2D eigenvalue weighted by atomic mass is 16.4. The summed E-state index contributed by atoms with van der Waals surface area (Å²) in [6, 6.07) is 7.51. The highest BCUT2D eigenvalue weighted by Gasteiger charge is 2.25. The van der Waals surface area contributed by atoms with Crippen molar-refractivity contribution in [1.29, 1.82) is 0 Å². The number of fused-ring (bicyclic) bond motifs is 1. The van der Waals surface area contributed by atoms with Gasteiger partial charge in [-0.25, -0.2) is 9.78 Å². The molecular weight excluding hydrogens is 264 g/mol. The van der Waals surface area contributed by atoms with Crippen molar-refractivity contribution >= 4 is 22.6 Å². The minimum Gasteiger partial charge on any atom is -0.478 e. The molecule has 0 spiro atoms. The highest BCUT2D eigenvalue weighted by molar-refractivity contribution is 6.06. The van der Waals surface area contributed by atoms with Gasteiger partial charge in [-0.05, 0) is 19.3 Å². The highest BCUT2D eigenvalue weighted by Crippen LogP contribution is 2.30. The van der Waals surface area contributed by atoms with Crippen LogP contribution in [0, 0.1) is 0 Å². The molecule has 1 aromatic carbocycles. The zero-order chi connectivity index (χ0) is 15.5. The molecule has 0 bridgehead atoms. The van der Waals surface area contributed by atoms with Gasteiger partial charge in [0.05, 0.1) is 5.56 Å². The Kier molecular flexibility index (Phi) is 4.46. The number of benzene rings is 1. The maximum absolute atomic E-state index is 11.3. The van der Waals surface area contributed by atoms with E-state index < -0.39 is 5.97 Å². The third-order valence-corrected chi connectivity index (χ3v) is 4.44. The summed E-state index contributed by atoms with van der Waals surface area (Å²) in [6.07, 6.45) is 4.43. The molecular formula is C17H22N2O2. The zero-order valence-corrected chi connectivity index (χ0v) is 12.8. The van der Waals surface area contributed by atoms with Gasteiger partial charge in [-0.1, -0.05) is 45.0 Å². The Bertz CT molecular complexity index is 640. The Labute approximate surface area is 125 Å². The minimum absolute atomic E-state index is 0.000508. The number of carbonyl (C=O) groups is 1. The Hall–Kier alpha value is -2.10. The molecule has 0 aliphatic heterocycles. The predicted molar refractivity (Wildman–Crippen MR) is 85.9 cm³/mol. The third-order valence-electron chi connectivity index (χ3n) is 4.44. The average Bonchev–Trinajstić information content (AvgIpc) is 2.52. The summed E-state index contributed by atoms with van der Waals surface area (Å²) in [5.41, 5.74) is 0.242. The number of rotatable bonds is 6. The number of aromatic nitrogens is 1. The van der Waals surface area contributed by atoms with Crippen LogP contribution >= 0.6 is 0 Å². The number of nitrogens with one attached hydrogen (secondary N) is 1. The minimum atomic E-state index is -0.946. The Morgan fingerprint density at radius 3 is 2.24 bits per heavy atom. The lowest BCUT2D eigenvalue weighted by Gasteiger charge is -2.33. The summed E-state index contributed by atoms with van der Waals surface area (Å²) in [4.78, 5) is 15.7. The van der Waals surface area contributed by atoms with Gasteiger partial charge in [-0.3, -0.25) is 0 Å². The Morgan fingerprint density at radius 1 is 1.14 bits per heavy atom. The van der Waals surface area contributed by atoms with E-state index in [1.807, 2.05) is 24.3 Å². The first-order chi connectivity index (χ1) is 10.1. The van der Waals surface area contributed by atoms with Crippen molar-refractivity contribution in [3.8, 4) is 0 Å². The number of carboxylic acids is 1. The monoisotopic (exact) mass is 286 g/mol. The zero-order valence-electron chi connectivity index (χ0n) is 12.8. The second-order valence-corrected chi connectivity index (χ2v) is 5.34. The fourth-order valence-electron chi connectivity index (χ4n) is 2.73. The summed E-state index contributed by atoms with van der Waals surface area (Å²) in [6.45, 7) is 6.48. The largest absolute Gasteiger partial charge is 0.478 e. The summed E-state index contributed by atoms with van der Waals surface area (Å²) < 4.78 is 0. The van der Waals surface area contributed by atoms with Gasteiger partial charge in [0.1, 0.15) is 5.82 Å². The van der Waals surface area contributed by atoms with Crippen LogP contribution in [0.15, 0.2) is 30.5 Å². The third kappa shape index (κ3) is 2.84. The Morgan fingerprint density at radius 2 is 1.71 bits per heavy atom. The van der Waals surface area contributed by atoms with Gasteiger partial charge in [0.25, 0.3) is 0 Å². The van der Waals surface area contributed by atoms with Crippen LogP contribution in [0.4, 0.5) is 5.82 Å². The molecule has 0 fully saturated rings. The van der Waals surface area contributed by atoms with Crippen molar-refractivity contribution in [1.82, 2.24) is 4.98 Å². The molecule has 2 aromatic rings. The van der Waals surface area contributed by atoms with E-state index in [4.69, 9.17) is 0 Å². The molecule has 0 aliphatic carbocycles. The maximum atomic E-state index is 11.3.